The summed E-state index contributed by atoms with van der Waals surface area (Å²) in [4.78, 5) is 31.9. The summed E-state index contributed by atoms with van der Waals surface area (Å²) < 4.78 is 19.6. The van der Waals surface area contributed by atoms with Gasteiger partial charge in [-0.05, 0) is 92.5 Å². The summed E-state index contributed by atoms with van der Waals surface area (Å²) >= 11 is 6.28. The van der Waals surface area contributed by atoms with E-state index in [-0.39, 0.29) is 59.0 Å². The lowest BCUT2D eigenvalue weighted by molar-refractivity contribution is -0.174. The fraction of sp³-hybridized carbons (Fsp3) is 0.566. The van der Waals surface area contributed by atoms with Gasteiger partial charge in [-0.1, -0.05) is 88.9 Å². The van der Waals surface area contributed by atoms with Gasteiger partial charge in [-0.25, -0.2) is 0 Å². The second-order valence-corrected chi connectivity index (χ2v) is 21.2. The highest BCUT2D eigenvalue weighted by Gasteiger charge is 2.64. The highest BCUT2D eigenvalue weighted by atomic mass is 35.5. The van der Waals surface area contributed by atoms with Crippen LogP contribution in [0.5, 0.6) is 17.2 Å². The number of piperidine rings is 1. The van der Waals surface area contributed by atoms with Crippen LogP contribution in [0.4, 0.5) is 0 Å². The van der Waals surface area contributed by atoms with Crippen LogP contribution in [-0.4, -0.2) is 98.1 Å². The number of nitriles is 1. The van der Waals surface area contributed by atoms with Crippen LogP contribution in [0.1, 0.15) is 95.8 Å². The molecule has 9 rings (SSSR count). The van der Waals surface area contributed by atoms with Crippen molar-refractivity contribution in [2.45, 2.75) is 116 Å². The van der Waals surface area contributed by atoms with Gasteiger partial charge in [0.05, 0.1) is 29.2 Å². The first-order valence-corrected chi connectivity index (χ1v) is 24.8. The van der Waals surface area contributed by atoms with Crippen molar-refractivity contribution in [3.05, 3.63) is 94.6 Å². The number of ether oxygens (including phenoxy) is 3. The third kappa shape index (κ3) is 9.00. The molecule has 0 radical (unpaired) electrons. The van der Waals surface area contributed by atoms with Gasteiger partial charge in [0.2, 0.25) is 11.8 Å². The maximum absolute atomic E-state index is 14.0. The van der Waals surface area contributed by atoms with Gasteiger partial charge in [0, 0.05) is 73.8 Å². The number of para-hydroxylation sites is 1. The van der Waals surface area contributed by atoms with E-state index in [0.717, 1.165) is 75.2 Å². The van der Waals surface area contributed by atoms with Gasteiger partial charge in [-0.3, -0.25) is 25.1 Å². The van der Waals surface area contributed by atoms with E-state index in [0.29, 0.717) is 41.9 Å². The molecule has 3 aromatic carbocycles. The third-order valence-electron chi connectivity index (χ3n) is 15.9. The largest absolute Gasteiger partial charge is 0.489 e. The quantitative estimate of drug-likeness (QED) is 0.134. The van der Waals surface area contributed by atoms with E-state index in [1.54, 1.807) is 18.2 Å². The number of nitrogens with zero attached hydrogens (tertiary/aromatic N) is 3. The van der Waals surface area contributed by atoms with Gasteiger partial charge in [-0.15, -0.1) is 0 Å². The molecule has 2 unspecified atom stereocenters. The molecule has 6 aliphatic rings. The number of hydrogen-bond acceptors (Lipinski definition) is 10. The van der Waals surface area contributed by atoms with Crippen molar-refractivity contribution in [3.8, 4) is 23.3 Å². The first-order valence-electron chi connectivity index (χ1n) is 24.4. The summed E-state index contributed by atoms with van der Waals surface area (Å²) in [5.41, 5.74) is 2.65. The van der Waals surface area contributed by atoms with E-state index in [9.17, 15) is 14.9 Å². The molecule has 3 aromatic rings. The summed E-state index contributed by atoms with van der Waals surface area (Å²) in [5.74, 6) is 2.75. The zero-order chi connectivity index (χ0) is 46.2. The molecule has 0 spiro atoms. The first-order chi connectivity index (χ1) is 31.8. The topological polar surface area (TPSA) is 140 Å². The Hall–Kier alpha value is -4.48. The van der Waals surface area contributed by atoms with Crippen LogP contribution in [0.3, 0.4) is 0 Å². The van der Waals surface area contributed by atoms with E-state index >= 15 is 0 Å². The van der Waals surface area contributed by atoms with Crippen LogP contribution in [-0.2, 0) is 20.7 Å². The summed E-state index contributed by atoms with van der Waals surface area (Å²) in [6.45, 7) is 13.0. The van der Waals surface area contributed by atoms with Gasteiger partial charge in [0.25, 0.3) is 0 Å². The van der Waals surface area contributed by atoms with E-state index in [4.69, 9.17) is 25.8 Å². The lowest BCUT2D eigenvalue weighted by atomic mass is 9.49. The molecule has 352 valence electrons. The Balaban J connectivity index is 0.723. The fourth-order valence-corrected chi connectivity index (χ4v) is 13.0. The Morgan fingerprint density at radius 3 is 2.38 bits per heavy atom. The number of likely N-dealkylation sites (tertiary alicyclic amines) is 1. The van der Waals surface area contributed by atoms with Crippen LogP contribution in [0.2, 0.25) is 5.02 Å². The summed E-state index contributed by atoms with van der Waals surface area (Å²) in [6, 6.07) is 23.8. The van der Waals surface area contributed by atoms with Crippen LogP contribution >= 0.6 is 11.6 Å². The molecule has 2 amide bonds. The molecule has 4 aliphatic heterocycles. The van der Waals surface area contributed by atoms with Gasteiger partial charge in [0.1, 0.15) is 41.3 Å². The number of nitrogens with one attached hydrogen (secondary N) is 4. The minimum absolute atomic E-state index is 0.0172. The number of carbonyl (C=O) groups excluding carboxylic acids is 2. The summed E-state index contributed by atoms with van der Waals surface area (Å²) in [5, 5.41) is 24.0. The SMILES string of the molecule is CN1C=C(c2ccccc2Oc2cccc(CCOC3CCN(C4NCC(C(=O)NC5C(C)(C)C(Oc6ccc(C#N)c(Cl)c6)C5(C)C)CN4)CC3)c2)C2CCNC2(C2CCCCC2)C1=O. The van der Waals surface area contributed by atoms with Gasteiger partial charge < -0.3 is 29.7 Å². The Kier molecular flexibility index (Phi) is 13.6. The monoisotopic (exact) mass is 917 g/mol. The Morgan fingerprint density at radius 2 is 1.65 bits per heavy atom. The number of carbonyl (C=O) groups is 2. The number of fused-ring (bicyclic) bond motifs is 1. The highest BCUT2D eigenvalue weighted by Crippen LogP contribution is 2.56. The number of rotatable bonds is 13. The number of benzene rings is 3. The molecular formula is C53H68ClN7O5. The summed E-state index contributed by atoms with van der Waals surface area (Å²) in [6.07, 6.45) is 11.6. The van der Waals surface area contributed by atoms with Gasteiger partial charge in [-0.2, -0.15) is 5.26 Å². The molecule has 66 heavy (non-hydrogen) atoms. The van der Waals surface area contributed by atoms with Gasteiger partial charge >= 0.3 is 0 Å². The van der Waals surface area contributed by atoms with Crippen molar-refractivity contribution < 1.29 is 23.8 Å². The predicted octanol–water partition coefficient (Wildman–Crippen LogP) is 7.86. The van der Waals surface area contributed by atoms with Crippen LogP contribution in [0.15, 0.2) is 72.9 Å². The van der Waals surface area contributed by atoms with Crippen LogP contribution in [0.25, 0.3) is 5.57 Å². The fourth-order valence-electron chi connectivity index (χ4n) is 12.7. The molecule has 2 aliphatic carbocycles. The smallest absolute Gasteiger partial charge is 0.247 e. The number of amides is 2. The Labute approximate surface area is 396 Å². The van der Waals surface area contributed by atoms with E-state index < -0.39 is 5.54 Å². The zero-order valence-electron chi connectivity index (χ0n) is 39.3. The van der Waals surface area contributed by atoms with E-state index in [1.165, 1.54) is 30.4 Å². The van der Waals surface area contributed by atoms with Crippen LogP contribution < -0.4 is 30.7 Å². The minimum atomic E-state index is -0.544. The lowest BCUT2D eigenvalue weighted by Gasteiger charge is -2.63. The van der Waals surface area contributed by atoms with Crippen molar-refractivity contribution in [2.24, 2.45) is 28.6 Å². The molecule has 0 aromatic heterocycles. The van der Waals surface area contributed by atoms with Crippen molar-refractivity contribution in [2.75, 3.05) is 46.4 Å². The van der Waals surface area contributed by atoms with Crippen molar-refractivity contribution in [1.82, 2.24) is 31.1 Å². The molecule has 5 fully saturated rings. The summed E-state index contributed by atoms with van der Waals surface area (Å²) in [7, 11) is 1.91. The molecule has 2 atom stereocenters. The standard InChI is InChI=1S/C53H68ClN7O5/c1-51(2)47(52(3,4)48(51)66-40-19-18-35(30-55)44(54)29-40)59-46(62)36-31-56-50(57-32-36)61-25-21-38(22-26-61)64-27-23-34-12-11-15-39(28-34)65-45-17-10-9-16-41(45)42-33-60(5)49(63)53(43(42)20-24-58-53)37-13-7-6-8-14-37/h9-12,15-19,28-29,33,36-38,43,47-48,50,56-58H,6-8,13-14,20-27,31-32H2,1-5H3,(H,59,62). The molecule has 13 heteroatoms. The third-order valence-corrected chi connectivity index (χ3v) is 16.2. The lowest BCUT2D eigenvalue weighted by Crippen LogP contribution is -2.75. The molecule has 3 saturated heterocycles. The number of likely N-dealkylation sites (N-methyl/N-ethyl adjacent to an activating group) is 1. The second kappa shape index (κ2) is 19.3. The van der Waals surface area contributed by atoms with Gasteiger partial charge in [0.15, 0.2) is 0 Å². The molecule has 4 heterocycles. The Morgan fingerprint density at radius 1 is 0.909 bits per heavy atom. The number of halogens is 1. The van der Waals surface area contributed by atoms with Crippen molar-refractivity contribution in [1.29, 1.82) is 5.26 Å². The van der Waals surface area contributed by atoms with E-state index in [1.807, 2.05) is 24.1 Å². The predicted molar refractivity (Wildman–Crippen MR) is 257 cm³/mol. The first kappa shape index (κ1) is 46.6. The average Bonchev–Trinajstić information content (AvgIpc) is 3.79. The molecule has 12 nitrogen and oxygen atoms in total. The van der Waals surface area contributed by atoms with E-state index in [2.05, 4.69) is 103 Å². The van der Waals surface area contributed by atoms with Crippen LogP contribution in [0, 0.1) is 39.9 Å². The van der Waals surface area contributed by atoms with Crippen molar-refractivity contribution >= 4 is 29.0 Å². The number of hydrogen-bond donors (Lipinski definition) is 4. The normalized spacial score (nSPS) is 29.0. The second-order valence-electron chi connectivity index (χ2n) is 20.8. The van der Waals surface area contributed by atoms with Crippen molar-refractivity contribution in [3.63, 3.8) is 0 Å². The molecule has 0 bridgehead atoms. The Bertz CT molecular complexity index is 2310. The minimum Gasteiger partial charge on any atom is -0.489 e. The molecule has 4 N–H and O–H groups in total. The average molecular weight is 919 g/mol. The zero-order valence-corrected chi connectivity index (χ0v) is 40.1. The molecule has 2 saturated carbocycles. The molecular weight excluding hydrogens is 850 g/mol. The highest BCUT2D eigenvalue weighted by molar-refractivity contribution is 6.31. The maximum atomic E-state index is 14.0. The maximum Gasteiger partial charge on any atom is 0.247 e.